The van der Waals surface area contributed by atoms with Gasteiger partial charge in [0.2, 0.25) is 0 Å². The summed E-state index contributed by atoms with van der Waals surface area (Å²) in [7, 11) is 2.14. The lowest BCUT2D eigenvalue weighted by molar-refractivity contribution is 0.435. The molecule has 152 valence electrons. The first-order valence-electron chi connectivity index (χ1n) is 10.5. The highest BCUT2D eigenvalue weighted by atomic mass is 32.1. The Bertz CT molecular complexity index is 954. The van der Waals surface area contributed by atoms with Crippen molar-refractivity contribution in [3.05, 3.63) is 70.5 Å². The Morgan fingerprint density at radius 2 is 1.72 bits per heavy atom. The van der Waals surface area contributed by atoms with Crippen molar-refractivity contribution in [3.63, 3.8) is 0 Å². The second-order valence-corrected chi connectivity index (χ2v) is 8.44. The number of para-hydroxylation sites is 1. The van der Waals surface area contributed by atoms with Crippen LogP contribution in [0.2, 0.25) is 0 Å². The maximum Gasteiger partial charge on any atom is 0.184 e. The SMILES string of the molecule is Cn1c(CCNc2ccc(Oc3ccccc3)cc2)csc1=NC1CCCCC1. The maximum absolute atomic E-state index is 5.85. The van der Waals surface area contributed by atoms with E-state index in [-0.39, 0.29) is 0 Å². The molecule has 3 aromatic rings. The van der Waals surface area contributed by atoms with E-state index in [0.717, 1.165) is 35.0 Å². The summed E-state index contributed by atoms with van der Waals surface area (Å²) in [4.78, 5) is 6.16. The number of rotatable bonds is 7. The quantitative estimate of drug-likeness (QED) is 0.540. The number of hydrogen-bond acceptors (Lipinski definition) is 4. The number of ether oxygens (including phenoxy) is 1. The van der Waals surface area contributed by atoms with Gasteiger partial charge in [-0.05, 0) is 49.2 Å². The zero-order valence-electron chi connectivity index (χ0n) is 17.0. The Hall–Kier alpha value is -2.53. The van der Waals surface area contributed by atoms with Crippen molar-refractivity contribution in [2.24, 2.45) is 12.0 Å². The zero-order valence-corrected chi connectivity index (χ0v) is 17.8. The molecule has 0 amide bonds. The van der Waals surface area contributed by atoms with E-state index in [0.29, 0.717) is 6.04 Å². The molecule has 0 spiro atoms. The lowest BCUT2D eigenvalue weighted by Crippen LogP contribution is -2.20. The number of thiazole rings is 1. The molecule has 0 atom stereocenters. The van der Waals surface area contributed by atoms with E-state index in [4.69, 9.17) is 9.73 Å². The first-order chi connectivity index (χ1) is 14.3. The molecule has 1 aliphatic carbocycles. The average molecular weight is 408 g/mol. The van der Waals surface area contributed by atoms with Gasteiger partial charge < -0.3 is 14.6 Å². The number of nitrogens with zero attached hydrogens (tertiary/aromatic N) is 2. The van der Waals surface area contributed by atoms with Gasteiger partial charge >= 0.3 is 0 Å². The van der Waals surface area contributed by atoms with Crippen molar-refractivity contribution in [2.45, 2.75) is 44.6 Å². The zero-order chi connectivity index (χ0) is 19.9. The molecule has 1 N–H and O–H groups in total. The average Bonchev–Trinajstić information content (AvgIpc) is 3.10. The molecule has 29 heavy (non-hydrogen) atoms. The lowest BCUT2D eigenvalue weighted by atomic mass is 9.96. The van der Waals surface area contributed by atoms with Crippen LogP contribution in [0.5, 0.6) is 11.5 Å². The molecule has 2 aromatic carbocycles. The van der Waals surface area contributed by atoms with Gasteiger partial charge in [0.05, 0.1) is 6.04 Å². The van der Waals surface area contributed by atoms with E-state index in [1.165, 1.54) is 37.8 Å². The maximum atomic E-state index is 5.85. The van der Waals surface area contributed by atoms with Gasteiger partial charge in [-0.1, -0.05) is 37.5 Å². The molecule has 1 fully saturated rings. The minimum absolute atomic E-state index is 0.524. The first-order valence-corrected chi connectivity index (χ1v) is 11.4. The van der Waals surface area contributed by atoms with Crippen molar-refractivity contribution in [3.8, 4) is 11.5 Å². The number of nitrogens with one attached hydrogen (secondary N) is 1. The molecule has 1 saturated carbocycles. The summed E-state index contributed by atoms with van der Waals surface area (Å²) in [6, 6.07) is 18.5. The standard InChI is InChI=1S/C24H29N3OS/c1-27-21(18-29-24(27)26-20-8-4-2-5-9-20)16-17-25-19-12-14-23(15-13-19)28-22-10-6-3-7-11-22/h3,6-7,10-15,18,20,25H,2,4-5,8-9,16-17H2,1H3. The van der Waals surface area contributed by atoms with Crippen LogP contribution in [0.4, 0.5) is 5.69 Å². The van der Waals surface area contributed by atoms with E-state index >= 15 is 0 Å². The highest BCUT2D eigenvalue weighted by Gasteiger charge is 2.12. The van der Waals surface area contributed by atoms with E-state index in [9.17, 15) is 0 Å². The fraction of sp³-hybridized carbons (Fsp3) is 0.375. The van der Waals surface area contributed by atoms with Gasteiger partial charge in [0.1, 0.15) is 11.5 Å². The molecule has 5 heteroatoms. The number of benzene rings is 2. The topological polar surface area (TPSA) is 38.5 Å². The number of anilines is 1. The summed E-state index contributed by atoms with van der Waals surface area (Å²) >= 11 is 1.77. The third-order valence-electron chi connectivity index (χ3n) is 5.43. The van der Waals surface area contributed by atoms with E-state index < -0.39 is 0 Å². The molecule has 0 aliphatic heterocycles. The summed E-state index contributed by atoms with van der Waals surface area (Å²) in [5.74, 6) is 1.70. The molecule has 0 unspecified atom stereocenters. The smallest absolute Gasteiger partial charge is 0.184 e. The molecule has 0 bridgehead atoms. The minimum Gasteiger partial charge on any atom is -0.457 e. The van der Waals surface area contributed by atoms with Crippen molar-refractivity contribution >= 4 is 17.0 Å². The third-order valence-corrected chi connectivity index (χ3v) is 6.41. The molecule has 4 rings (SSSR count). The van der Waals surface area contributed by atoms with Crippen LogP contribution in [-0.2, 0) is 13.5 Å². The second-order valence-electron chi connectivity index (χ2n) is 7.61. The molecule has 4 nitrogen and oxygen atoms in total. The van der Waals surface area contributed by atoms with Crippen molar-refractivity contribution in [1.29, 1.82) is 0 Å². The molecule has 1 aromatic heterocycles. The van der Waals surface area contributed by atoms with Crippen molar-refractivity contribution in [1.82, 2.24) is 4.57 Å². The third kappa shape index (κ3) is 5.51. The summed E-state index contributed by atoms with van der Waals surface area (Å²) in [5.41, 5.74) is 2.44. The van der Waals surface area contributed by atoms with Gasteiger partial charge in [-0.2, -0.15) is 0 Å². The Labute approximate surface area is 176 Å². The fourth-order valence-corrected chi connectivity index (χ4v) is 4.71. The van der Waals surface area contributed by atoms with Gasteiger partial charge in [-0.3, -0.25) is 4.99 Å². The number of hydrogen-bond donors (Lipinski definition) is 1. The summed E-state index contributed by atoms with van der Waals surface area (Å²) < 4.78 is 8.11. The lowest BCUT2D eigenvalue weighted by Gasteiger charge is -2.16. The number of aromatic nitrogens is 1. The van der Waals surface area contributed by atoms with Gasteiger partial charge in [-0.25, -0.2) is 0 Å². The Morgan fingerprint density at radius 3 is 2.48 bits per heavy atom. The van der Waals surface area contributed by atoms with Gasteiger partial charge in [-0.15, -0.1) is 11.3 Å². The monoisotopic (exact) mass is 407 g/mol. The van der Waals surface area contributed by atoms with Crippen LogP contribution in [0.25, 0.3) is 0 Å². The molecular formula is C24H29N3OS. The van der Waals surface area contributed by atoms with Crippen LogP contribution in [0, 0.1) is 0 Å². The largest absolute Gasteiger partial charge is 0.457 e. The van der Waals surface area contributed by atoms with Crippen LogP contribution in [0.1, 0.15) is 37.8 Å². The Balaban J connectivity index is 1.29. The molecule has 0 saturated heterocycles. The van der Waals surface area contributed by atoms with Crippen LogP contribution < -0.4 is 14.9 Å². The predicted octanol–water partition coefficient (Wildman–Crippen LogP) is 5.77. The van der Waals surface area contributed by atoms with E-state index in [1.54, 1.807) is 11.3 Å². The molecule has 1 aliphatic rings. The summed E-state index contributed by atoms with van der Waals surface area (Å²) in [5, 5.41) is 5.76. The van der Waals surface area contributed by atoms with Crippen LogP contribution in [0.3, 0.4) is 0 Å². The highest BCUT2D eigenvalue weighted by molar-refractivity contribution is 7.07. The van der Waals surface area contributed by atoms with Gasteiger partial charge in [0, 0.05) is 36.8 Å². The van der Waals surface area contributed by atoms with E-state index in [2.05, 4.69) is 34.4 Å². The second kappa shape index (κ2) is 9.79. The summed E-state index contributed by atoms with van der Waals surface area (Å²) in [6.07, 6.45) is 7.51. The Morgan fingerprint density at radius 1 is 1.00 bits per heavy atom. The van der Waals surface area contributed by atoms with Crippen LogP contribution in [-0.4, -0.2) is 17.2 Å². The minimum atomic E-state index is 0.524. The van der Waals surface area contributed by atoms with Crippen molar-refractivity contribution < 1.29 is 4.74 Å². The van der Waals surface area contributed by atoms with Gasteiger partial charge in [0.25, 0.3) is 0 Å². The summed E-state index contributed by atoms with van der Waals surface area (Å²) in [6.45, 7) is 0.895. The Kier molecular flexibility index (Phi) is 6.67. The van der Waals surface area contributed by atoms with Gasteiger partial charge in [0.15, 0.2) is 4.80 Å². The fourth-order valence-electron chi connectivity index (χ4n) is 3.71. The van der Waals surface area contributed by atoms with Crippen molar-refractivity contribution in [2.75, 3.05) is 11.9 Å². The van der Waals surface area contributed by atoms with E-state index in [1.807, 2.05) is 42.5 Å². The highest BCUT2D eigenvalue weighted by Crippen LogP contribution is 2.23. The molecule has 0 radical (unpaired) electrons. The molecular weight excluding hydrogens is 378 g/mol. The normalized spacial score (nSPS) is 15.4. The van der Waals surface area contributed by atoms with Crippen LogP contribution in [0.15, 0.2) is 65.0 Å². The van der Waals surface area contributed by atoms with Crippen LogP contribution >= 0.6 is 11.3 Å². The molecule has 1 heterocycles. The first kappa shape index (κ1) is 19.8. The predicted molar refractivity (Wildman–Crippen MR) is 121 cm³/mol.